The fourth-order valence-corrected chi connectivity index (χ4v) is 3.35. The molecule has 3 rings (SSSR count). The average molecular weight is 274 g/mol. The Morgan fingerprint density at radius 3 is 1.50 bits per heavy atom. The summed E-state index contributed by atoms with van der Waals surface area (Å²) in [4.78, 5) is 24.0. The van der Waals surface area contributed by atoms with Gasteiger partial charge in [-0.2, -0.15) is 10.5 Å². The summed E-state index contributed by atoms with van der Waals surface area (Å²) in [5, 5.41) is 18.5. The first-order valence-corrected chi connectivity index (χ1v) is 6.23. The summed E-state index contributed by atoms with van der Waals surface area (Å²) in [6.45, 7) is 0. The zero-order valence-corrected chi connectivity index (χ0v) is 11.1. The number of nitriles is 2. The Morgan fingerprint density at radius 2 is 1.25 bits per heavy atom. The van der Waals surface area contributed by atoms with Crippen LogP contribution >= 0.6 is 0 Å². The predicted octanol–water partition coefficient (Wildman–Crippen LogP) is 0.660. The van der Waals surface area contributed by atoms with E-state index in [-0.39, 0.29) is 0 Å². The molecule has 0 unspecified atom stereocenters. The smallest absolute Gasteiger partial charge is 0.310 e. The molecule has 20 heavy (non-hydrogen) atoms. The van der Waals surface area contributed by atoms with Gasteiger partial charge in [0.15, 0.2) is 0 Å². The first-order valence-electron chi connectivity index (χ1n) is 6.23. The van der Waals surface area contributed by atoms with E-state index in [1.165, 1.54) is 14.2 Å². The van der Waals surface area contributed by atoms with Gasteiger partial charge in [-0.15, -0.1) is 0 Å². The number of methoxy groups -OCH3 is 2. The molecule has 0 aromatic heterocycles. The molecule has 0 amide bonds. The summed E-state index contributed by atoms with van der Waals surface area (Å²) >= 11 is 0. The second-order valence-corrected chi connectivity index (χ2v) is 4.95. The zero-order valence-electron chi connectivity index (χ0n) is 11.1. The third kappa shape index (κ3) is 1.85. The van der Waals surface area contributed by atoms with Crippen LogP contribution in [0, 0.1) is 58.2 Å². The molecule has 0 aromatic carbocycles. The Kier molecular flexibility index (Phi) is 3.76. The van der Waals surface area contributed by atoms with Crippen molar-refractivity contribution in [1.29, 1.82) is 10.5 Å². The van der Waals surface area contributed by atoms with Crippen molar-refractivity contribution in [2.75, 3.05) is 14.2 Å². The summed E-state index contributed by atoms with van der Waals surface area (Å²) in [5.74, 6) is -4.83. The Hall–Kier alpha value is -2.34. The SMILES string of the molecule is COC(=O)[C@H]1[C@@H]2C=C[C@H]([C@@H](C#N)[C@H]2C#N)[C@@H]1C(=O)OC. The maximum Gasteiger partial charge on any atom is 0.310 e. The van der Waals surface area contributed by atoms with E-state index in [1.54, 1.807) is 12.2 Å². The number of carbonyl (C=O) groups is 2. The van der Waals surface area contributed by atoms with Gasteiger partial charge >= 0.3 is 11.9 Å². The lowest BCUT2D eigenvalue weighted by atomic mass is 9.53. The van der Waals surface area contributed by atoms with Gasteiger partial charge in [0.2, 0.25) is 0 Å². The zero-order chi connectivity index (χ0) is 14.9. The maximum absolute atomic E-state index is 12.0. The van der Waals surface area contributed by atoms with E-state index in [1.807, 2.05) is 0 Å². The van der Waals surface area contributed by atoms with Crippen molar-refractivity contribution in [1.82, 2.24) is 0 Å². The van der Waals surface area contributed by atoms with Crippen LogP contribution in [0.3, 0.4) is 0 Å². The van der Waals surface area contributed by atoms with E-state index in [2.05, 4.69) is 12.1 Å². The molecule has 0 N–H and O–H groups in total. The highest BCUT2D eigenvalue weighted by Gasteiger charge is 2.58. The van der Waals surface area contributed by atoms with Gasteiger partial charge in [-0.05, 0) is 0 Å². The van der Waals surface area contributed by atoms with Crippen LogP contribution < -0.4 is 0 Å². The lowest BCUT2D eigenvalue weighted by Crippen LogP contribution is -2.53. The molecule has 1 fully saturated rings. The number of carbonyl (C=O) groups excluding carboxylic acids is 2. The van der Waals surface area contributed by atoms with E-state index in [9.17, 15) is 20.1 Å². The third-order valence-corrected chi connectivity index (χ3v) is 4.23. The first-order chi connectivity index (χ1) is 9.60. The third-order valence-electron chi connectivity index (χ3n) is 4.23. The fourth-order valence-electron chi connectivity index (χ4n) is 3.35. The highest BCUT2D eigenvalue weighted by Crippen LogP contribution is 2.51. The minimum absolute atomic E-state index is 0.494. The molecule has 3 aliphatic carbocycles. The quantitative estimate of drug-likeness (QED) is 0.541. The summed E-state index contributed by atoms with van der Waals surface area (Å²) in [5.41, 5.74) is 0. The number of allylic oxidation sites excluding steroid dienone is 2. The lowest BCUT2D eigenvalue weighted by Gasteiger charge is -2.46. The molecular weight excluding hydrogens is 260 g/mol. The Morgan fingerprint density at radius 1 is 0.900 bits per heavy atom. The molecule has 6 heteroatoms. The second kappa shape index (κ2) is 5.34. The van der Waals surface area contributed by atoms with Gasteiger partial charge in [0.1, 0.15) is 0 Å². The standard InChI is InChI=1S/C14H14N2O4/c1-19-13(17)11-7-3-4-8(12(11)14(18)20-2)10(6-16)9(7)5-15/h3-4,7-12H,1-2H3/t7-,8-,9-,10+,11+,12+/m1/s1. The molecule has 1 saturated carbocycles. The first kappa shape index (κ1) is 14.1. The van der Waals surface area contributed by atoms with Gasteiger partial charge in [-0.25, -0.2) is 0 Å². The number of nitrogens with zero attached hydrogens (tertiary/aromatic N) is 2. The van der Waals surface area contributed by atoms with Gasteiger partial charge in [-0.1, -0.05) is 12.2 Å². The van der Waals surface area contributed by atoms with Gasteiger partial charge in [0, 0.05) is 11.8 Å². The van der Waals surface area contributed by atoms with Gasteiger partial charge in [0.25, 0.3) is 0 Å². The molecule has 6 atom stereocenters. The van der Waals surface area contributed by atoms with Gasteiger partial charge in [-0.3, -0.25) is 9.59 Å². The Bertz CT molecular complexity index is 494. The molecule has 0 radical (unpaired) electrons. The molecule has 0 saturated heterocycles. The molecule has 104 valence electrons. The highest BCUT2D eigenvalue weighted by molar-refractivity contribution is 5.84. The minimum Gasteiger partial charge on any atom is -0.469 e. The average Bonchev–Trinajstić information content (AvgIpc) is 2.51. The number of hydrogen-bond donors (Lipinski definition) is 0. The Labute approximate surface area is 116 Å². The molecule has 3 aliphatic rings. The van der Waals surface area contributed by atoms with Gasteiger partial charge in [0.05, 0.1) is 50.0 Å². The van der Waals surface area contributed by atoms with Crippen molar-refractivity contribution < 1.29 is 19.1 Å². The van der Waals surface area contributed by atoms with Crippen molar-refractivity contribution in [3.05, 3.63) is 12.2 Å². The van der Waals surface area contributed by atoms with E-state index >= 15 is 0 Å². The van der Waals surface area contributed by atoms with E-state index < -0.39 is 47.4 Å². The Balaban J connectivity index is 2.49. The van der Waals surface area contributed by atoms with Crippen molar-refractivity contribution >= 4 is 11.9 Å². The predicted molar refractivity (Wildman–Crippen MR) is 65.3 cm³/mol. The molecule has 0 aromatic rings. The fraction of sp³-hybridized carbons (Fsp3) is 0.571. The van der Waals surface area contributed by atoms with E-state index in [0.717, 1.165) is 0 Å². The maximum atomic E-state index is 12.0. The molecule has 0 spiro atoms. The van der Waals surface area contributed by atoms with Crippen molar-refractivity contribution in [2.45, 2.75) is 0 Å². The number of esters is 2. The van der Waals surface area contributed by atoms with Crippen LogP contribution in [0.25, 0.3) is 0 Å². The topological polar surface area (TPSA) is 100 Å². The molecule has 2 bridgehead atoms. The van der Waals surface area contributed by atoms with Crippen LogP contribution in [0.15, 0.2) is 12.2 Å². The van der Waals surface area contributed by atoms with Crippen LogP contribution in [0.5, 0.6) is 0 Å². The summed E-state index contributed by atoms with van der Waals surface area (Å²) in [7, 11) is 2.48. The van der Waals surface area contributed by atoms with Crippen molar-refractivity contribution in [2.24, 2.45) is 35.5 Å². The minimum atomic E-state index is -0.767. The summed E-state index contributed by atoms with van der Waals surface area (Å²) < 4.78 is 9.51. The molecular formula is C14H14N2O4. The number of fused-ring (bicyclic) bond motifs is 2. The number of rotatable bonds is 2. The van der Waals surface area contributed by atoms with Crippen LogP contribution in [0.2, 0.25) is 0 Å². The lowest BCUT2D eigenvalue weighted by molar-refractivity contribution is -0.166. The van der Waals surface area contributed by atoms with E-state index in [0.29, 0.717) is 0 Å². The molecule has 6 nitrogen and oxygen atoms in total. The normalized spacial score (nSPS) is 37.6. The monoisotopic (exact) mass is 274 g/mol. The number of hydrogen-bond acceptors (Lipinski definition) is 6. The van der Waals surface area contributed by atoms with Gasteiger partial charge < -0.3 is 9.47 Å². The van der Waals surface area contributed by atoms with Crippen molar-refractivity contribution in [3.8, 4) is 12.1 Å². The number of ether oxygens (including phenoxy) is 2. The molecule has 0 aliphatic heterocycles. The van der Waals surface area contributed by atoms with E-state index in [4.69, 9.17) is 9.47 Å². The highest BCUT2D eigenvalue weighted by atomic mass is 16.5. The largest absolute Gasteiger partial charge is 0.469 e. The second-order valence-electron chi connectivity index (χ2n) is 4.95. The summed E-state index contributed by atoms with van der Waals surface area (Å²) in [6, 6.07) is 4.18. The molecule has 0 heterocycles. The van der Waals surface area contributed by atoms with Crippen LogP contribution in [-0.4, -0.2) is 26.2 Å². The van der Waals surface area contributed by atoms with Crippen LogP contribution in [0.1, 0.15) is 0 Å². The van der Waals surface area contributed by atoms with Crippen molar-refractivity contribution in [3.63, 3.8) is 0 Å². The van der Waals surface area contributed by atoms with Crippen LogP contribution in [0.4, 0.5) is 0 Å². The summed E-state index contributed by atoms with van der Waals surface area (Å²) in [6.07, 6.45) is 3.49. The van der Waals surface area contributed by atoms with Crippen LogP contribution in [-0.2, 0) is 19.1 Å².